The summed E-state index contributed by atoms with van der Waals surface area (Å²) >= 11 is 5.42. The van der Waals surface area contributed by atoms with Gasteiger partial charge >= 0.3 is 0 Å². The van der Waals surface area contributed by atoms with E-state index in [2.05, 4.69) is 68.4 Å². The van der Waals surface area contributed by atoms with Gasteiger partial charge in [0.1, 0.15) is 0 Å². The van der Waals surface area contributed by atoms with Crippen molar-refractivity contribution in [1.82, 2.24) is 9.55 Å². The molecule has 1 aromatic heterocycles. The fourth-order valence-electron chi connectivity index (χ4n) is 2.36. The molecule has 2 nitrogen and oxygen atoms in total. The third-order valence-electron chi connectivity index (χ3n) is 3.62. The molecule has 0 radical (unpaired) electrons. The van der Waals surface area contributed by atoms with Gasteiger partial charge in [0.25, 0.3) is 0 Å². The highest BCUT2D eigenvalue weighted by molar-refractivity contribution is 7.71. The summed E-state index contributed by atoms with van der Waals surface area (Å²) in [6.07, 6.45) is 2.03. The molecule has 2 aromatic rings. The Morgan fingerprint density at radius 3 is 2.25 bits per heavy atom. The van der Waals surface area contributed by atoms with Crippen molar-refractivity contribution >= 4 is 12.2 Å². The zero-order chi connectivity index (χ0) is 14.9. The van der Waals surface area contributed by atoms with Crippen LogP contribution in [0.2, 0.25) is 0 Å². The van der Waals surface area contributed by atoms with E-state index >= 15 is 0 Å². The average molecular weight is 288 g/mol. The smallest absolute Gasteiger partial charge is 0.177 e. The second-order valence-corrected chi connectivity index (χ2v) is 7.10. The largest absolute Gasteiger partial charge is 0.337 e. The molecule has 0 aliphatic rings. The van der Waals surface area contributed by atoms with Gasteiger partial charge in [0.05, 0.1) is 6.54 Å². The molecule has 0 bridgehead atoms. The normalized spacial score (nSPS) is 12.1. The highest BCUT2D eigenvalue weighted by Gasteiger charge is 2.19. The van der Waals surface area contributed by atoms with Crippen LogP contribution in [0.3, 0.4) is 0 Å². The monoisotopic (exact) mass is 288 g/mol. The molecule has 1 aromatic carbocycles. The summed E-state index contributed by atoms with van der Waals surface area (Å²) in [5, 5.41) is 0. The Kier molecular flexibility index (Phi) is 4.19. The van der Waals surface area contributed by atoms with E-state index in [-0.39, 0.29) is 5.41 Å². The Morgan fingerprint density at radius 1 is 1.15 bits per heavy atom. The van der Waals surface area contributed by atoms with Crippen molar-refractivity contribution in [2.45, 2.75) is 52.5 Å². The molecule has 2 rings (SSSR count). The van der Waals surface area contributed by atoms with Gasteiger partial charge in [0.2, 0.25) is 0 Å². The van der Waals surface area contributed by atoms with Gasteiger partial charge in [-0.1, -0.05) is 58.9 Å². The van der Waals surface area contributed by atoms with E-state index in [9.17, 15) is 0 Å². The van der Waals surface area contributed by atoms with Crippen molar-refractivity contribution in [2.75, 3.05) is 0 Å². The molecule has 0 unspecified atom stereocenters. The first-order valence-electron chi connectivity index (χ1n) is 7.16. The first kappa shape index (κ1) is 15.0. The van der Waals surface area contributed by atoms with Gasteiger partial charge in [-0.15, -0.1) is 0 Å². The molecule has 1 heterocycles. The van der Waals surface area contributed by atoms with Crippen LogP contribution in [0.5, 0.6) is 0 Å². The van der Waals surface area contributed by atoms with Crippen molar-refractivity contribution in [3.05, 3.63) is 52.1 Å². The van der Waals surface area contributed by atoms with Crippen LogP contribution < -0.4 is 0 Å². The van der Waals surface area contributed by atoms with E-state index in [4.69, 9.17) is 12.2 Å². The number of rotatable bonds is 3. The molecule has 0 aliphatic carbocycles. The van der Waals surface area contributed by atoms with Crippen LogP contribution in [0.25, 0.3) is 0 Å². The second kappa shape index (κ2) is 5.57. The molecule has 20 heavy (non-hydrogen) atoms. The first-order chi connectivity index (χ1) is 9.29. The summed E-state index contributed by atoms with van der Waals surface area (Å²) in [6.45, 7) is 11.9. The van der Waals surface area contributed by atoms with Crippen LogP contribution in [0.15, 0.2) is 30.5 Å². The van der Waals surface area contributed by atoms with E-state index < -0.39 is 0 Å². The number of hydrogen-bond donors (Lipinski definition) is 1. The molecule has 1 N–H and O–H groups in total. The Morgan fingerprint density at radius 2 is 1.75 bits per heavy atom. The third kappa shape index (κ3) is 3.21. The lowest BCUT2D eigenvalue weighted by Crippen LogP contribution is -2.18. The minimum atomic E-state index is 0.0887. The van der Waals surface area contributed by atoms with E-state index in [0.29, 0.717) is 5.92 Å². The zero-order valence-corrected chi connectivity index (χ0v) is 13.8. The molecule has 0 aliphatic heterocycles. The third-order valence-corrected chi connectivity index (χ3v) is 3.96. The zero-order valence-electron chi connectivity index (χ0n) is 13.0. The molecule has 0 spiro atoms. The summed E-state index contributed by atoms with van der Waals surface area (Å²) in [5.74, 6) is 0.573. The van der Waals surface area contributed by atoms with Crippen LogP contribution in [0.4, 0.5) is 0 Å². The Bertz CT molecular complexity index is 624. The van der Waals surface area contributed by atoms with Crippen molar-refractivity contribution in [3.8, 4) is 0 Å². The maximum atomic E-state index is 5.42. The topological polar surface area (TPSA) is 20.7 Å². The lowest BCUT2D eigenvalue weighted by Gasteiger charge is -2.21. The number of aromatic nitrogens is 2. The van der Waals surface area contributed by atoms with Crippen molar-refractivity contribution < 1.29 is 0 Å². The van der Waals surface area contributed by atoms with E-state index in [1.165, 1.54) is 16.8 Å². The molecule has 0 saturated carbocycles. The van der Waals surface area contributed by atoms with E-state index in [1.807, 2.05) is 6.20 Å². The van der Waals surface area contributed by atoms with E-state index in [0.717, 1.165) is 11.3 Å². The molecular formula is C17H24N2S. The van der Waals surface area contributed by atoms with Crippen molar-refractivity contribution in [3.63, 3.8) is 0 Å². The number of nitrogens with one attached hydrogen (secondary N) is 1. The van der Waals surface area contributed by atoms with Gasteiger partial charge in [-0.2, -0.15) is 0 Å². The maximum Gasteiger partial charge on any atom is 0.177 e. The van der Waals surface area contributed by atoms with Crippen LogP contribution >= 0.6 is 12.2 Å². The standard InChI is InChI=1S/C17H24N2S/c1-12(2)14-8-6-13(7-9-14)11-19-15(17(3,4)5)10-18-16(19)20/h6-10,12H,11H2,1-5H3,(H,18,20). The summed E-state index contributed by atoms with van der Waals surface area (Å²) in [7, 11) is 0. The summed E-state index contributed by atoms with van der Waals surface area (Å²) in [6, 6.07) is 8.84. The van der Waals surface area contributed by atoms with E-state index in [1.54, 1.807) is 0 Å². The minimum Gasteiger partial charge on any atom is -0.337 e. The average Bonchev–Trinajstić information content (AvgIpc) is 2.71. The highest BCUT2D eigenvalue weighted by atomic mass is 32.1. The number of hydrogen-bond acceptors (Lipinski definition) is 1. The predicted octanol–water partition coefficient (Wildman–Crippen LogP) is 5.01. The summed E-state index contributed by atoms with van der Waals surface area (Å²) in [5.41, 5.74) is 4.00. The SMILES string of the molecule is CC(C)c1ccc(Cn2c(C(C)(C)C)c[nH]c2=S)cc1. The van der Waals surface area contributed by atoms with Crippen molar-refractivity contribution in [2.24, 2.45) is 0 Å². The fourth-order valence-corrected chi connectivity index (χ4v) is 2.59. The van der Waals surface area contributed by atoms with Crippen molar-refractivity contribution in [1.29, 1.82) is 0 Å². The molecule has 0 saturated heterocycles. The van der Waals surface area contributed by atoms with Gasteiger partial charge in [0.15, 0.2) is 4.77 Å². The molecule has 3 heteroatoms. The quantitative estimate of drug-likeness (QED) is 0.787. The van der Waals surface area contributed by atoms with Crippen LogP contribution in [-0.2, 0) is 12.0 Å². The summed E-state index contributed by atoms with van der Waals surface area (Å²) in [4.78, 5) is 3.17. The first-order valence-corrected chi connectivity index (χ1v) is 7.57. The van der Waals surface area contributed by atoms with Crippen LogP contribution in [0.1, 0.15) is 57.4 Å². The lowest BCUT2D eigenvalue weighted by molar-refractivity contribution is 0.529. The second-order valence-electron chi connectivity index (χ2n) is 6.71. The van der Waals surface area contributed by atoms with Crippen LogP contribution in [0, 0.1) is 4.77 Å². The van der Waals surface area contributed by atoms with Gasteiger partial charge in [-0.3, -0.25) is 0 Å². The summed E-state index contributed by atoms with van der Waals surface area (Å²) < 4.78 is 2.99. The molecule has 108 valence electrons. The molecule has 0 fully saturated rings. The van der Waals surface area contributed by atoms with Gasteiger partial charge < -0.3 is 9.55 Å². The van der Waals surface area contributed by atoms with Gasteiger partial charge in [-0.05, 0) is 29.3 Å². The predicted molar refractivity (Wildman–Crippen MR) is 87.9 cm³/mol. The maximum absolute atomic E-state index is 5.42. The number of imidazole rings is 1. The van der Waals surface area contributed by atoms with Gasteiger partial charge in [-0.25, -0.2) is 0 Å². The van der Waals surface area contributed by atoms with Crippen LogP contribution in [-0.4, -0.2) is 9.55 Å². The Labute approximate surface area is 126 Å². The highest BCUT2D eigenvalue weighted by Crippen LogP contribution is 2.23. The molecule has 0 atom stereocenters. The lowest BCUT2D eigenvalue weighted by atomic mass is 9.92. The number of benzene rings is 1. The Hall–Kier alpha value is -1.35. The molecule has 0 amide bonds. The van der Waals surface area contributed by atoms with Gasteiger partial charge in [0, 0.05) is 17.3 Å². The number of nitrogens with zero attached hydrogens (tertiary/aromatic N) is 1. The molecular weight excluding hydrogens is 264 g/mol. The fraction of sp³-hybridized carbons (Fsp3) is 0.471. The Balaban J connectivity index is 2.31. The number of H-pyrrole nitrogens is 1. The number of aromatic amines is 1. The minimum absolute atomic E-state index is 0.0887.